The van der Waals surface area contributed by atoms with Crippen LogP contribution in [0.1, 0.15) is 33.6 Å². The molecular weight excluding hydrogens is 302 g/mol. The van der Waals surface area contributed by atoms with E-state index in [1.807, 2.05) is 27.9 Å². The number of nitrogens with zero attached hydrogens (tertiary/aromatic N) is 1. The zero-order valence-electron chi connectivity index (χ0n) is 14.4. The third kappa shape index (κ3) is 5.42. The SMILES string of the molecule is CCO[Si](CCCN1CCC[Si]1(C)OC)(OCC)OCC. The van der Waals surface area contributed by atoms with Gasteiger partial charge in [-0.25, -0.2) is 0 Å². The Morgan fingerprint density at radius 3 is 2.10 bits per heavy atom. The van der Waals surface area contributed by atoms with Crippen molar-refractivity contribution in [3.8, 4) is 0 Å². The minimum Gasteiger partial charge on any atom is -0.406 e. The summed E-state index contributed by atoms with van der Waals surface area (Å²) in [6, 6.07) is 2.14. The van der Waals surface area contributed by atoms with Gasteiger partial charge in [0.1, 0.15) is 0 Å². The highest BCUT2D eigenvalue weighted by molar-refractivity contribution is 6.70. The van der Waals surface area contributed by atoms with E-state index in [9.17, 15) is 0 Å². The lowest BCUT2D eigenvalue weighted by Gasteiger charge is -2.33. The Labute approximate surface area is 132 Å². The minimum atomic E-state index is -2.48. The number of hydrogen-bond donors (Lipinski definition) is 0. The Bertz CT molecular complexity index is 279. The summed E-state index contributed by atoms with van der Waals surface area (Å²) in [5, 5.41) is 0. The fourth-order valence-electron chi connectivity index (χ4n) is 3.06. The molecule has 0 spiro atoms. The topological polar surface area (TPSA) is 40.2 Å². The summed E-state index contributed by atoms with van der Waals surface area (Å²) in [4.78, 5) is 0. The average molecular weight is 336 g/mol. The molecule has 0 bridgehead atoms. The van der Waals surface area contributed by atoms with Crippen LogP contribution in [-0.4, -0.2) is 61.9 Å². The quantitative estimate of drug-likeness (QED) is 0.543. The molecule has 0 aromatic heterocycles. The van der Waals surface area contributed by atoms with E-state index < -0.39 is 17.3 Å². The van der Waals surface area contributed by atoms with Crippen LogP contribution >= 0.6 is 0 Å². The van der Waals surface area contributed by atoms with Crippen LogP contribution in [-0.2, 0) is 17.7 Å². The predicted molar refractivity (Wildman–Crippen MR) is 89.7 cm³/mol. The summed E-state index contributed by atoms with van der Waals surface area (Å²) in [6.07, 6.45) is 2.32. The molecule has 1 unspecified atom stereocenters. The van der Waals surface area contributed by atoms with Crippen molar-refractivity contribution in [2.24, 2.45) is 0 Å². The second kappa shape index (κ2) is 9.39. The zero-order valence-corrected chi connectivity index (χ0v) is 16.4. The van der Waals surface area contributed by atoms with E-state index in [1.54, 1.807) is 0 Å². The first-order valence-corrected chi connectivity index (χ1v) is 12.8. The van der Waals surface area contributed by atoms with Crippen molar-refractivity contribution in [3.05, 3.63) is 0 Å². The highest BCUT2D eigenvalue weighted by Gasteiger charge is 2.43. The van der Waals surface area contributed by atoms with Gasteiger partial charge < -0.3 is 22.3 Å². The lowest BCUT2D eigenvalue weighted by atomic mass is 10.4. The van der Waals surface area contributed by atoms with Gasteiger partial charge in [-0.15, -0.1) is 0 Å². The van der Waals surface area contributed by atoms with Gasteiger partial charge in [0.2, 0.25) is 0 Å². The standard InChI is InChI=1S/C14H33NO4Si2/c1-6-17-21(18-7-2,19-8-3)14-10-12-15-11-9-13-20(15,5)16-4/h6-14H2,1-5H3. The van der Waals surface area contributed by atoms with Gasteiger partial charge in [-0.2, -0.15) is 0 Å². The molecule has 1 aliphatic heterocycles. The summed E-state index contributed by atoms with van der Waals surface area (Å²) < 4.78 is 26.1. The lowest BCUT2D eigenvalue weighted by molar-refractivity contribution is 0.0703. The summed E-state index contributed by atoms with van der Waals surface area (Å²) >= 11 is 0. The van der Waals surface area contributed by atoms with E-state index in [-0.39, 0.29) is 0 Å². The van der Waals surface area contributed by atoms with Crippen LogP contribution in [0.4, 0.5) is 0 Å². The average Bonchev–Trinajstić information content (AvgIpc) is 2.82. The van der Waals surface area contributed by atoms with Crippen LogP contribution in [0.5, 0.6) is 0 Å². The van der Waals surface area contributed by atoms with Crippen LogP contribution in [0.25, 0.3) is 0 Å². The highest BCUT2D eigenvalue weighted by atomic mass is 28.4. The molecule has 1 atom stereocenters. The molecule has 1 aliphatic rings. The van der Waals surface area contributed by atoms with Crippen molar-refractivity contribution < 1.29 is 17.7 Å². The van der Waals surface area contributed by atoms with E-state index in [2.05, 4.69) is 11.1 Å². The molecular formula is C14H33NO4Si2. The van der Waals surface area contributed by atoms with Crippen molar-refractivity contribution >= 4 is 17.3 Å². The van der Waals surface area contributed by atoms with E-state index in [0.29, 0.717) is 19.8 Å². The Kier molecular flexibility index (Phi) is 8.62. The van der Waals surface area contributed by atoms with Gasteiger partial charge in [0.05, 0.1) is 0 Å². The Hall–Kier alpha value is 0.234. The summed E-state index contributed by atoms with van der Waals surface area (Å²) in [7, 11) is -2.23. The summed E-state index contributed by atoms with van der Waals surface area (Å²) in [5.74, 6) is 0. The second-order valence-electron chi connectivity index (χ2n) is 5.56. The van der Waals surface area contributed by atoms with E-state index in [0.717, 1.165) is 19.0 Å². The molecule has 1 saturated heterocycles. The largest absolute Gasteiger partial charge is 0.500 e. The molecule has 1 fully saturated rings. The first-order chi connectivity index (χ1) is 10.1. The Balaban J connectivity index is 2.52. The third-order valence-electron chi connectivity index (χ3n) is 4.18. The van der Waals surface area contributed by atoms with Crippen LogP contribution in [0, 0.1) is 0 Å². The monoisotopic (exact) mass is 335 g/mol. The Morgan fingerprint density at radius 1 is 1.05 bits per heavy atom. The zero-order chi connectivity index (χ0) is 15.8. The molecule has 0 aliphatic carbocycles. The smallest absolute Gasteiger partial charge is 0.406 e. The van der Waals surface area contributed by atoms with Crippen LogP contribution < -0.4 is 0 Å². The van der Waals surface area contributed by atoms with E-state index in [1.165, 1.54) is 19.0 Å². The van der Waals surface area contributed by atoms with E-state index >= 15 is 0 Å². The van der Waals surface area contributed by atoms with Gasteiger partial charge in [0.15, 0.2) is 0 Å². The maximum Gasteiger partial charge on any atom is 0.500 e. The van der Waals surface area contributed by atoms with Crippen LogP contribution in [0.2, 0.25) is 18.6 Å². The summed E-state index contributed by atoms with van der Waals surface area (Å²) in [6.45, 7) is 12.5. The third-order valence-corrected chi connectivity index (χ3v) is 11.3. The van der Waals surface area contributed by atoms with Crippen LogP contribution in [0.3, 0.4) is 0 Å². The summed E-state index contributed by atoms with van der Waals surface area (Å²) in [5.41, 5.74) is 0. The maximum atomic E-state index is 5.91. The fourth-order valence-corrected chi connectivity index (χ4v) is 8.51. The van der Waals surface area contributed by atoms with E-state index in [4.69, 9.17) is 17.7 Å². The molecule has 0 amide bonds. The van der Waals surface area contributed by atoms with Crippen molar-refractivity contribution in [1.29, 1.82) is 0 Å². The highest BCUT2D eigenvalue weighted by Crippen LogP contribution is 2.27. The van der Waals surface area contributed by atoms with Gasteiger partial charge in [-0.1, -0.05) is 0 Å². The molecule has 1 rings (SSSR count). The lowest BCUT2D eigenvalue weighted by Crippen LogP contribution is -2.50. The molecule has 1 heterocycles. The molecule has 0 aromatic rings. The van der Waals surface area contributed by atoms with Gasteiger partial charge >= 0.3 is 8.80 Å². The van der Waals surface area contributed by atoms with Crippen LogP contribution in [0.15, 0.2) is 0 Å². The number of hydrogen-bond acceptors (Lipinski definition) is 5. The molecule has 0 radical (unpaired) electrons. The van der Waals surface area contributed by atoms with Crippen molar-refractivity contribution in [2.75, 3.05) is 40.0 Å². The molecule has 0 N–H and O–H groups in total. The van der Waals surface area contributed by atoms with Gasteiger partial charge in [-0.05, 0) is 59.3 Å². The fraction of sp³-hybridized carbons (Fsp3) is 1.00. The van der Waals surface area contributed by atoms with Gasteiger partial charge in [0, 0.05) is 33.0 Å². The molecule has 7 heteroatoms. The number of rotatable bonds is 11. The molecule has 0 saturated carbocycles. The normalized spacial score (nSPS) is 23.9. The van der Waals surface area contributed by atoms with Gasteiger partial charge in [-0.3, -0.25) is 0 Å². The predicted octanol–water partition coefficient (Wildman–Crippen LogP) is 2.85. The molecule has 126 valence electrons. The Morgan fingerprint density at radius 2 is 1.62 bits per heavy atom. The van der Waals surface area contributed by atoms with Crippen molar-refractivity contribution in [1.82, 2.24) is 4.57 Å². The first-order valence-electron chi connectivity index (χ1n) is 8.28. The van der Waals surface area contributed by atoms with Crippen molar-refractivity contribution in [3.63, 3.8) is 0 Å². The first kappa shape index (κ1) is 19.3. The van der Waals surface area contributed by atoms with Gasteiger partial charge in [0.25, 0.3) is 8.48 Å². The molecule has 5 nitrogen and oxygen atoms in total. The van der Waals surface area contributed by atoms with Crippen molar-refractivity contribution in [2.45, 2.75) is 52.2 Å². The molecule has 0 aromatic carbocycles. The minimum absolute atomic E-state index is 0.653. The molecule has 21 heavy (non-hydrogen) atoms. The maximum absolute atomic E-state index is 5.91. The second-order valence-corrected chi connectivity index (χ2v) is 12.2.